The number of halogens is 1. The Balaban J connectivity index is 1.89. The topological polar surface area (TPSA) is 66.9 Å². The lowest BCUT2D eigenvalue weighted by atomic mass is 10.2. The van der Waals surface area contributed by atoms with E-state index in [9.17, 15) is 13.2 Å². The van der Waals surface area contributed by atoms with Crippen LogP contribution in [0, 0.1) is 0 Å². The molecule has 0 N–H and O–H groups in total. The van der Waals surface area contributed by atoms with E-state index < -0.39 is 10.0 Å². The van der Waals surface area contributed by atoms with Crippen LogP contribution in [0.4, 0.5) is 0 Å². The predicted octanol–water partition coefficient (Wildman–Crippen LogP) is 3.91. The second kappa shape index (κ2) is 10.1. The highest BCUT2D eigenvalue weighted by Gasteiger charge is 2.23. The van der Waals surface area contributed by atoms with E-state index in [1.165, 1.54) is 16.4 Å². The summed E-state index contributed by atoms with van der Waals surface area (Å²) in [5.41, 5.74) is 0.442. The van der Waals surface area contributed by atoms with E-state index >= 15 is 0 Å². The van der Waals surface area contributed by atoms with E-state index in [0.29, 0.717) is 30.2 Å². The number of carbonyl (C=O) groups is 1. The van der Waals surface area contributed by atoms with Crippen molar-refractivity contribution in [2.24, 2.45) is 0 Å². The third-order valence-electron chi connectivity index (χ3n) is 4.57. The summed E-state index contributed by atoms with van der Waals surface area (Å²) in [6, 6.07) is 13.0. The number of hydrogen-bond donors (Lipinski definition) is 0. The van der Waals surface area contributed by atoms with Crippen molar-refractivity contribution in [3.8, 4) is 5.75 Å². The number of amides is 1. The zero-order valence-corrected chi connectivity index (χ0v) is 18.7. The lowest BCUT2D eigenvalue weighted by Crippen LogP contribution is -2.33. The van der Waals surface area contributed by atoms with Gasteiger partial charge >= 0.3 is 0 Å². The second-order valence-electron chi connectivity index (χ2n) is 7.02. The summed E-state index contributed by atoms with van der Waals surface area (Å²) in [5.74, 6) is 0.559. The fraction of sp³-hybridized carbons (Fsp3) is 0.381. The summed E-state index contributed by atoms with van der Waals surface area (Å²) >= 11 is 5.84. The molecule has 1 amide bonds. The van der Waals surface area contributed by atoms with E-state index in [-0.39, 0.29) is 16.8 Å². The van der Waals surface area contributed by atoms with Crippen molar-refractivity contribution in [2.75, 3.05) is 27.2 Å². The van der Waals surface area contributed by atoms with Gasteiger partial charge in [0.1, 0.15) is 5.75 Å². The highest BCUT2D eigenvalue weighted by atomic mass is 35.5. The van der Waals surface area contributed by atoms with Crippen molar-refractivity contribution in [3.05, 3.63) is 59.1 Å². The van der Waals surface area contributed by atoms with Gasteiger partial charge in [-0.15, -0.1) is 0 Å². The number of nitrogens with zero attached hydrogens (tertiary/aromatic N) is 2. The smallest absolute Gasteiger partial charge is 0.253 e. The van der Waals surface area contributed by atoms with Crippen LogP contribution >= 0.6 is 11.6 Å². The quantitative estimate of drug-likeness (QED) is 0.556. The predicted molar refractivity (Wildman–Crippen MR) is 115 cm³/mol. The van der Waals surface area contributed by atoms with Crippen LogP contribution in [0.3, 0.4) is 0 Å². The standard InChI is InChI=1S/C21H27ClN2O4S/c1-16(2)24(4)29(26,27)20-12-6-17(7-13-20)21(25)23(3)14-5-15-28-19-10-8-18(22)9-11-19/h6-13,16H,5,14-15H2,1-4H3. The summed E-state index contributed by atoms with van der Waals surface area (Å²) in [4.78, 5) is 14.3. The molecular weight excluding hydrogens is 412 g/mol. The van der Waals surface area contributed by atoms with Crippen molar-refractivity contribution >= 4 is 27.5 Å². The molecule has 0 aromatic heterocycles. The Hall–Kier alpha value is -2.09. The van der Waals surface area contributed by atoms with Gasteiger partial charge in [0.2, 0.25) is 10.0 Å². The molecule has 0 aliphatic rings. The van der Waals surface area contributed by atoms with E-state index in [0.717, 1.165) is 5.75 Å². The molecule has 0 aliphatic heterocycles. The van der Waals surface area contributed by atoms with Crippen LogP contribution in [0.15, 0.2) is 53.4 Å². The maximum Gasteiger partial charge on any atom is 0.253 e. The Morgan fingerprint density at radius 3 is 2.17 bits per heavy atom. The third-order valence-corrected chi connectivity index (χ3v) is 6.87. The summed E-state index contributed by atoms with van der Waals surface area (Å²) < 4.78 is 31.9. The Morgan fingerprint density at radius 2 is 1.62 bits per heavy atom. The van der Waals surface area contributed by atoms with Gasteiger partial charge in [0, 0.05) is 37.3 Å². The molecule has 0 saturated carbocycles. The van der Waals surface area contributed by atoms with Gasteiger partial charge in [-0.25, -0.2) is 8.42 Å². The fourth-order valence-corrected chi connectivity index (χ4v) is 4.05. The summed E-state index contributed by atoms with van der Waals surface area (Å²) in [5, 5.41) is 0.650. The largest absolute Gasteiger partial charge is 0.494 e. The van der Waals surface area contributed by atoms with Gasteiger partial charge in [-0.05, 0) is 68.8 Å². The molecule has 0 radical (unpaired) electrons. The minimum Gasteiger partial charge on any atom is -0.494 e. The minimum absolute atomic E-state index is 0.150. The Kier molecular flexibility index (Phi) is 8.07. The first-order valence-electron chi connectivity index (χ1n) is 9.35. The highest BCUT2D eigenvalue weighted by Crippen LogP contribution is 2.18. The maximum atomic E-state index is 12.6. The number of carbonyl (C=O) groups excluding carboxylic acids is 1. The molecule has 0 fully saturated rings. The number of benzene rings is 2. The molecule has 2 rings (SSSR count). The van der Waals surface area contributed by atoms with Gasteiger partial charge in [-0.2, -0.15) is 4.31 Å². The van der Waals surface area contributed by atoms with Gasteiger partial charge in [0.05, 0.1) is 11.5 Å². The summed E-state index contributed by atoms with van der Waals surface area (Å²) in [7, 11) is -0.313. The molecule has 0 atom stereocenters. The fourth-order valence-electron chi connectivity index (χ4n) is 2.56. The van der Waals surface area contributed by atoms with E-state index in [1.54, 1.807) is 69.2 Å². The average molecular weight is 439 g/mol. The van der Waals surface area contributed by atoms with Gasteiger partial charge in [-0.1, -0.05) is 11.6 Å². The first-order valence-corrected chi connectivity index (χ1v) is 11.2. The average Bonchev–Trinajstić information content (AvgIpc) is 2.71. The summed E-state index contributed by atoms with van der Waals surface area (Å²) in [6.45, 7) is 4.60. The molecule has 29 heavy (non-hydrogen) atoms. The molecule has 0 bridgehead atoms. The van der Waals surface area contributed by atoms with Crippen LogP contribution < -0.4 is 4.74 Å². The molecule has 158 valence electrons. The molecule has 0 heterocycles. The van der Waals surface area contributed by atoms with Gasteiger partial charge in [0.25, 0.3) is 5.91 Å². The monoisotopic (exact) mass is 438 g/mol. The molecule has 0 saturated heterocycles. The Labute approximate surface area is 178 Å². The number of hydrogen-bond acceptors (Lipinski definition) is 4. The van der Waals surface area contributed by atoms with Gasteiger partial charge in [0.15, 0.2) is 0 Å². The van der Waals surface area contributed by atoms with Crippen LogP contribution in [0.2, 0.25) is 5.02 Å². The lowest BCUT2D eigenvalue weighted by molar-refractivity contribution is 0.0787. The van der Waals surface area contributed by atoms with Gasteiger partial charge < -0.3 is 9.64 Å². The number of ether oxygens (including phenoxy) is 1. The van der Waals surface area contributed by atoms with Crippen molar-refractivity contribution in [3.63, 3.8) is 0 Å². The van der Waals surface area contributed by atoms with Gasteiger partial charge in [-0.3, -0.25) is 4.79 Å². The first kappa shape index (κ1) is 23.2. The van der Waals surface area contributed by atoms with Crippen LogP contribution in [0.5, 0.6) is 5.75 Å². The van der Waals surface area contributed by atoms with Crippen molar-refractivity contribution < 1.29 is 17.9 Å². The van der Waals surface area contributed by atoms with Crippen molar-refractivity contribution in [2.45, 2.75) is 31.2 Å². The Bertz CT molecular complexity index is 913. The van der Waals surface area contributed by atoms with Crippen molar-refractivity contribution in [1.82, 2.24) is 9.21 Å². The Morgan fingerprint density at radius 1 is 1.03 bits per heavy atom. The molecule has 0 aliphatic carbocycles. The highest BCUT2D eigenvalue weighted by molar-refractivity contribution is 7.89. The first-order chi connectivity index (χ1) is 13.6. The molecule has 0 spiro atoms. The third kappa shape index (κ3) is 6.19. The van der Waals surface area contributed by atoms with Crippen LogP contribution in [-0.2, 0) is 10.0 Å². The van der Waals surface area contributed by atoms with E-state index in [4.69, 9.17) is 16.3 Å². The zero-order chi connectivity index (χ0) is 21.6. The normalized spacial score (nSPS) is 11.7. The van der Waals surface area contributed by atoms with Crippen LogP contribution in [-0.4, -0.2) is 56.8 Å². The van der Waals surface area contributed by atoms with Crippen LogP contribution in [0.1, 0.15) is 30.6 Å². The molecule has 2 aromatic carbocycles. The SMILES string of the molecule is CC(C)N(C)S(=O)(=O)c1ccc(C(=O)N(C)CCCOc2ccc(Cl)cc2)cc1. The molecule has 2 aromatic rings. The van der Waals surface area contributed by atoms with Crippen LogP contribution in [0.25, 0.3) is 0 Å². The molecule has 6 nitrogen and oxygen atoms in total. The zero-order valence-electron chi connectivity index (χ0n) is 17.1. The second-order valence-corrected chi connectivity index (χ2v) is 9.46. The maximum absolute atomic E-state index is 12.6. The van der Waals surface area contributed by atoms with E-state index in [1.807, 2.05) is 0 Å². The lowest BCUT2D eigenvalue weighted by Gasteiger charge is -2.21. The number of sulfonamides is 1. The minimum atomic E-state index is -3.56. The molecule has 8 heteroatoms. The van der Waals surface area contributed by atoms with E-state index in [2.05, 4.69) is 0 Å². The molecule has 0 unspecified atom stereocenters. The molecular formula is C21H27ClN2O4S. The number of rotatable bonds is 9. The summed E-state index contributed by atoms with van der Waals surface area (Å²) in [6.07, 6.45) is 0.663. The van der Waals surface area contributed by atoms with Crippen molar-refractivity contribution in [1.29, 1.82) is 0 Å².